The van der Waals surface area contributed by atoms with Crippen LogP contribution < -0.4 is 0 Å². The summed E-state index contributed by atoms with van der Waals surface area (Å²) in [6.07, 6.45) is 0.888. The molecular weight excluding hydrogens is 176 g/mol. The maximum atomic E-state index is 10.6. The smallest absolute Gasteiger partial charge is 0.159 e. The molecule has 0 bridgehead atoms. The van der Waals surface area contributed by atoms with E-state index in [1.54, 1.807) is 0 Å². The summed E-state index contributed by atoms with van der Waals surface area (Å²) in [6.45, 7) is 0.359. The van der Waals surface area contributed by atoms with Crippen LogP contribution in [0.2, 0.25) is 0 Å². The minimum Gasteiger partial charge on any atom is -0.289 e. The van der Waals surface area contributed by atoms with Crippen LogP contribution in [0.1, 0.15) is 0 Å². The Balaban J connectivity index is 2.38. The largest absolute Gasteiger partial charge is 0.289 e. The average Bonchev–Trinajstić information content (AvgIpc) is 2.12. The van der Waals surface area contributed by atoms with E-state index in [1.165, 1.54) is 6.26 Å². The van der Waals surface area contributed by atoms with Gasteiger partial charge in [0.05, 0.1) is 12.4 Å². The van der Waals surface area contributed by atoms with E-state index in [4.69, 9.17) is 8.37 Å². The molecule has 1 fully saturated rings. The number of rotatable bonds is 2. The van der Waals surface area contributed by atoms with Crippen molar-refractivity contribution in [1.82, 2.24) is 0 Å². The molecule has 0 spiro atoms. The Morgan fingerprint density at radius 1 is 1.70 bits per heavy atom. The van der Waals surface area contributed by atoms with Gasteiger partial charge in [0.15, 0.2) is 12.3 Å². The lowest BCUT2D eigenvalue weighted by atomic mass is 10.4. The predicted molar refractivity (Wildman–Crippen MR) is 38.1 cm³/mol. The van der Waals surface area contributed by atoms with E-state index in [2.05, 4.69) is 0 Å². The van der Waals surface area contributed by atoms with E-state index >= 15 is 0 Å². The Bertz CT molecular complexity index is 191. The average molecular weight is 184 g/mol. The zero-order chi connectivity index (χ0) is 7.61. The van der Waals surface area contributed by atoms with Crippen LogP contribution in [-0.4, -0.2) is 33.1 Å². The van der Waals surface area contributed by atoms with E-state index in [0.29, 0.717) is 6.61 Å². The lowest BCUT2D eigenvalue weighted by Gasteiger charge is -2.01. The highest BCUT2D eigenvalue weighted by atomic mass is 32.2. The van der Waals surface area contributed by atoms with Crippen molar-refractivity contribution in [1.29, 1.82) is 0 Å². The maximum Gasteiger partial charge on any atom is 0.159 e. The standard InChI is InChI=1S/C4H8O4S2/c1-10(5,6)3-4-2-7-9-8-4/h4H,2-3H2,1H3. The zero-order valence-corrected chi connectivity index (χ0v) is 7.07. The molecule has 0 radical (unpaired) electrons. The first-order valence-corrected chi connectivity index (χ1v) is 5.43. The van der Waals surface area contributed by atoms with Crippen LogP contribution >= 0.6 is 12.3 Å². The third-order valence-corrected chi connectivity index (χ3v) is 2.53. The van der Waals surface area contributed by atoms with Gasteiger partial charge in [-0.2, -0.15) is 0 Å². The van der Waals surface area contributed by atoms with Crippen molar-refractivity contribution in [2.75, 3.05) is 18.6 Å². The Morgan fingerprint density at radius 3 is 2.80 bits per heavy atom. The van der Waals surface area contributed by atoms with Gasteiger partial charge in [-0.25, -0.2) is 8.42 Å². The van der Waals surface area contributed by atoms with Crippen LogP contribution in [0.25, 0.3) is 0 Å². The molecule has 0 aliphatic carbocycles. The molecule has 0 aromatic carbocycles. The first kappa shape index (κ1) is 8.32. The maximum absolute atomic E-state index is 10.6. The molecule has 1 atom stereocenters. The molecule has 1 saturated heterocycles. The topological polar surface area (TPSA) is 52.6 Å². The zero-order valence-electron chi connectivity index (χ0n) is 5.44. The Hall–Kier alpha value is 0.220. The van der Waals surface area contributed by atoms with Crippen LogP contribution in [-0.2, 0) is 18.2 Å². The van der Waals surface area contributed by atoms with Crippen molar-refractivity contribution in [2.45, 2.75) is 6.10 Å². The van der Waals surface area contributed by atoms with Crippen LogP contribution in [0.3, 0.4) is 0 Å². The molecule has 6 heteroatoms. The van der Waals surface area contributed by atoms with Crippen molar-refractivity contribution in [3.05, 3.63) is 0 Å². The fourth-order valence-corrected chi connectivity index (χ4v) is 2.05. The first-order chi connectivity index (χ1) is 4.58. The summed E-state index contributed by atoms with van der Waals surface area (Å²) < 4.78 is 30.9. The van der Waals surface area contributed by atoms with E-state index in [9.17, 15) is 8.42 Å². The Morgan fingerprint density at radius 2 is 2.40 bits per heavy atom. The highest BCUT2D eigenvalue weighted by Gasteiger charge is 2.22. The normalized spacial score (nSPS) is 27.1. The summed E-state index contributed by atoms with van der Waals surface area (Å²) in [5.74, 6) is 0.0417. The lowest BCUT2D eigenvalue weighted by molar-refractivity contribution is 0.266. The van der Waals surface area contributed by atoms with Crippen LogP contribution in [0, 0.1) is 0 Å². The summed E-state index contributed by atoms with van der Waals surface area (Å²) in [5, 5.41) is 0. The molecule has 0 saturated carbocycles. The fraction of sp³-hybridized carbons (Fsp3) is 1.00. The first-order valence-electron chi connectivity index (χ1n) is 2.70. The quantitative estimate of drug-likeness (QED) is 0.566. The van der Waals surface area contributed by atoms with E-state index in [1.807, 2.05) is 0 Å². The highest BCUT2D eigenvalue weighted by molar-refractivity contribution is 7.91. The van der Waals surface area contributed by atoms with Gasteiger partial charge in [0.25, 0.3) is 0 Å². The molecule has 1 aliphatic heterocycles. The van der Waals surface area contributed by atoms with Crippen molar-refractivity contribution < 1.29 is 16.8 Å². The summed E-state index contributed by atoms with van der Waals surface area (Å²) in [5.41, 5.74) is 0. The van der Waals surface area contributed by atoms with E-state index in [0.717, 1.165) is 12.3 Å². The molecule has 1 heterocycles. The van der Waals surface area contributed by atoms with Gasteiger partial charge in [-0.1, -0.05) is 0 Å². The molecule has 0 aromatic heterocycles. The number of hydrogen-bond donors (Lipinski definition) is 0. The molecule has 60 valence electrons. The van der Waals surface area contributed by atoms with Crippen LogP contribution in [0.5, 0.6) is 0 Å². The fourth-order valence-electron chi connectivity index (χ4n) is 0.628. The van der Waals surface area contributed by atoms with Crippen molar-refractivity contribution in [3.63, 3.8) is 0 Å². The highest BCUT2D eigenvalue weighted by Crippen LogP contribution is 2.19. The van der Waals surface area contributed by atoms with Crippen LogP contribution in [0.15, 0.2) is 0 Å². The van der Waals surface area contributed by atoms with Crippen molar-refractivity contribution in [2.24, 2.45) is 0 Å². The van der Waals surface area contributed by atoms with Gasteiger partial charge in [0, 0.05) is 6.26 Å². The molecule has 1 unspecified atom stereocenters. The van der Waals surface area contributed by atoms with Gasteiger partial charge < -0.3 is 0 Å². The molecule has 1 rings (SSSR count). The van der Waals surface area contributed by atoms with E-state index in [-0.39, 0.29) is 11.9 Å². The molecule has 0 aromatic rings. The molecule has 10 heavy (non-hydrogen) atoms. The monoisotopic (exact) mass is 184 g/mol. The minimum absolute atomic E-state index is 0.0417. The summed E-state index contributed by atoms with van der Waals surface area (Å²) in [4.78, 5) is 0. The van der Waals surface area contributed by atoms with Crippen molar-refractivity contribution >= 4 is 22.2 Å². The lowest BCUT2D eigenvalue weighted by Crippen LogP contribution is -2.21. The minimum atomic E-state index is -2.93. The van der Waals surface area contributed by atoms with Gasteiger partial charge in [0.2, 0.25) is 0 Å². The molecule has 4 nitrogen and oxygen atoms in total. The molecule has 0 amide bonds. The molecule has 0 N–H and O–H groups in total. The summed E-state index contributed by atoms with van der Waals surface area (Å²) in [7, 11) is -2.93. The van der Waals surface area contributed by atoms with Crippen molar-refractivity contribution in [3.8, 4) is 0 Å². The Kier molecular flexibility index (Phi) is 2.56. The predicted octanol–water partition coefficient (Wildman–Crippen LogP) is 0.00960. The second kappa shape index (κ2) is 3.08. The Labute approximate surface area is 64.2 Å². The number of hydrogen-bond acceptors (Lipinski definition) is 5. The van der Waals surface area contributed by atoms with Gasteiger partial charge >= 0.3 is 0 Å². The molecular formula is C4H8O4S2. The SMILES string of the molecule is CS(=O)(=O)CC1COSO1. The van der Waals surface area contributed by atoms with Gasteiger partial charge in [-0.15, -0.1) is 0 Å². The number of sulfone groups is 1. The van der Waals surface area contributed by atoms with E-state index < -0.39 is 9.84 Å². The summed E-state index contributed by atoms with van der Waals surface area (Å²) in [6, 6.07) is 0. The molecule has 1 aliphatic rings. The third kappa shape index (κ3) is 2.87. The third-order valence-electron chi connectivity index (χ3n) is 0.966. The van der Waals surface area contributed by atoms with Gasteiger partial charge in [-0.3, -0.25) is 8.37 Å². The second-order valence-electron chi connectivity index (χ2n) is 2.16. The van der Waals surface area contributed by atoms with Crippen LogP contribution in [0.4, 0.5) is 0 Å². The summed E-state index contributed by atoms with van der Waals surface area (Å²) >= 11 is 0.858. The van der Waals surface area contributed by atoms with Gasteiger partial charge in [0.1, 0.15) is 15.9 Å². The van der Waals surface area contributed by atoms with Gasteiger partial charge in [-0.05, 0) is 0 Å². The second-order valence-corrected chi connectivity index (χ2v) is 4.91.